The molecule has 2 aromatic rings. The Labute approximate surface area is 124 Å². The fourth-order valence-corrected chi connectivity index (χ4v) is 4.50. The van der Waals surface area contributed by atoms with E-state index in [1.807, 2.05) is 13.8 Å². The molecular formula is C13H16N4O3S. The van der Waals surface area contributed by atoms with Crippen LogP contribution in [0.4, 0.5) is 0 Å². The summed E-state index contributed by atoms with van der Waals surface area (Å²) in [6.07, 6.45) is 0.931. The van der Waals surface area contributed by atoms with Gasteiger partial charge in [-0.15, -0.1) is 10.2 Å². The lowest BCUT2D eigenvalue weighted by Crippen LogP contribution is -2.05. The highest BCUT2D eigenvalue weighted by Crippen LogP contribution is 2.64. The number of ether oxygens (including phenoxy) is 1. The smallest absolute Gasteiger partial charge is 0.307 e. The standard InChI is InChI=1S/C13H16N4O3S/c1-13(2)7(8(13)11(18)19)10-16-17-9(6-3-4-20-5-6)14-15-12(17)21-10/h6-8H,3-5H2,1-2H3,(H,18,19). The molecule has 3 unspecified atom stereocenters. The number of nitrogens with zero attached hydrogens (tertiary/aromatic N) is 4. The molecule has 2 aromatic heterocycles. The van der Waals surface area contributed by atoms with Crippen LogP contribution in [0.15, 0.2) is 0 Å². The number of hydrogen-bond acceptors (Lipinski definition) is 6. The van der Waals surface area contributed by atoms with E-state index in [1.165, 1.54) is 11.3 Å². The van der Waals surface area contributed by atoms with E-state index in [1.54, 1.807) is 4.52 Å². The minimum Gasteiger partial charge on any atom is -0.481 e. The second-order valence-electron chi connectivity index (χ2n) is 6.37. The molecule has 3 heterocycles. The van der Waals surface area contributed by atoms with E-state index in [0.29, 0.717) is 6.61 Å². The summed E-state index contributed by atoms with van der Waals surface area (Å²) >= 11 is 1.45. The van der Waals surface area contributed by atoms with Gasteiger partial charge >= 0.3 is 5.97 Å². The zero-order chi connectivity index (χ0) is 14.8. The van der Waals surface area contributed by atoms with E-state index < -0.39 is 5.97 Å². The first kappa shape index (κ1) is 13.1. The van der Waals surface area contributed by atoms with E-state index in [9.17, 15) is 9.90 Å². The maximum Gasteiger partial charge on any atom is 0.307 e. The van der Waals surface area contributed by atoms with Gasteiger partial charge in [0.15, 0.2) is 5.82 Å². The molecule has 112 valence electrons. The van der Waals surface area contributed by atoms with Crippen molar-refractivity contribution in [3.8, 4) is 0 Å². The molecule has 2 fully saturated rings. The number of fused-ring (bicyclic) bond motifs is 1. The summed E-state index contributed by atoms with van der Waals surface area (Å²) in [4.78, 5) is 12.1. The Kier molecular flexibility index (Phi) is 2.65. The highest BCUT2D eigenvalue weighted by molar-refractivity contribution is 7.16. The molecule has 7 nitrogen and oxygen atoms in total. The molecule has 4 rings (SSSR count). The Morgan fingerprint density at radius 2 is 2.29 bits per heavy atom. The van der Waals surface area contributed by atoms with Gasteiger partial charge in [0.2, 0.25) is 4.96 Å². The quantitative estimate of drug-likeness (QED) is 0.924. The number of aromatic nitrogens is 4. The fourth-order valence-electron chi connectivity index (χ4n) is 3.32. The fraction of sp³-hybridized carbons (Fsp3) is 0.692. The lowest BCUT2D eigenvalue weighted by Gasteiger charge is -2.02. The van der Waals surface area contributed by atoms with Gasteiger partial charge in [0.05, 0.1) is 12.5 Å². The van der Waals surface area contributed by atoms with Crippen LogP contribution in [-0.4, -0.2) is 44.1 Å². The minimum atomic E-state index is -0.750. The zero-order valence-corrected chi connectivity index (χ0v) is 12.6. The number of rotatable bonds is 3. The average molecular weight is 308 g/mol. The minimum absolute atomic E-state index is 0.0330. The van der Waals surface area contributed by atoms with Gasteiger partial charge in [-0.1, -0.05) is 25.2 Å². The molecule has 1 saturated heterocycles. The topological polar surface area (TPSA) is 89.6 Å². The summed E-state index contributed by atoms with van der Waals surface area (Å²) in [6.45, 7) is 5.35. The van der Waals surface area contributed by atoms with E-state index in [2.05, 4.69) is 15.3 Å². The van der Waals surface area contributed by atoms with Crippen LogP contribution in [0.1, 0.15) is 42.9 Å². The highest BCUT2D eigenvalue weighted by Gasteiger charge is 2.64. The summed E-state index contributed by atoms with van der Waals surface area (Å²) in [7, 11) is 0. The Morgan fingerprint density at radius 3 is 2.90 bits per heavy atom. The van der Waals surface area contributed by atoms with Crippen LogP contribution in [0.5, 0.6) is 0 Å². The van der Waals surface area contributed by atoms with Gasteiger partial charge in [-0.3, -0.25) is 4.79 Å². The van der Waals surface area contributed by atoms with Gasteiger partial charge < -0.3 is 9.84 Å². The van der Waals surface area contributed by atoms with Gasteiger partial charge in [0.25, 0.3) is 0 Å². The second kappa shape index (κ2) is 4.23. The van der Waals surface area contributed by atoms with Crippen molar-refractivity contribution < 1.29 is 14.6 Å². The van der Waals surface area contributed by atoms with Crippen LogP contribution in [-0.2, 0) is 9.53 Å². The summed E-state index contributed by atoms with van der Waals surface area (Å²) in [5.41, 5.74) is -0.244. The second-order valence-corrected chi connectivity index (χ2v) is 7.36. The Bertz CT molecular complexity index is 716. The van der Waals surface area contributed by atoms with Crippen LogP contribution in [0.3, 0.4) is 0 Å². The van der Waals surface area contributed by atoms with Crippen LogP contribution in [0.2, 0.25) is 0 Å². The number of carboxylic acids is 1. The molecule has 1 aliphatic carbocycles. The number of hydrogen-bond donors (Lipinski definition) is 1. The first-order valence-electron chi connectivity index (χ1n) is 7.02. The molecule has 8 heteroatoms. The number of carboxylic acid groups (broad SMARTS) is 1. The van der Waals surface area contributed by atoms with Crippen molar-refractivity contribution in [3.05, 3.63) is 10.8 Å². The van der Waals surface area contributed by atoms with Crippen LogP contribution >= 0.6 is 11.3 Å². The van der Waals surface area contributed by atoms with Crippen molar-refractivity contribution >= 4 is 22.3 Å². The van der Waals surface area contributed by atoms with Gasteiger partial charge in [-0.05, 0) is 11.8 Å². The van der Waals surface area contributed by atoms with Gasteiger partial charge in [-0.2, -0.15) is 9.61 Å². The van der Waals surface area contributed by atoms with Crippen LogP contribution < -0.4 is 0 Å². The van der Waals surface area contributed by atoms with Crippen molar-refractivity contribution in [2.45, 2.75) is 32.1 Å². The maximum absolute atomic E-state index is 11.3. The molecule has 21 heavy (non-hydrogen) atoms. The van der Waals surface area contributed by atoms with E-state index >= 15 is 0 Å². The molecule has 0 bridgehead atoms. The largest absolute Gasteiger partial charge is 0.481 e. The zero-order valence-electron chi connectivity index (χ0n) is 11.8. The summed E-state index contributed by atoms with van der Waals surface area (Å²) in [5.74, 6) is -0.0814. The molecular weight excluding hydrogens is 292 g/mol. The predicted molar refractivity (Wildman–Crippen MR) is 74.5 cm³/mol. The van der Waals surface area contributed by atoms with Crippen molar-refractivity contribution in [2.75, 3.05) is 13.2 Å². The van der Waals surface area contributed by atoms with E-state index in [-0.39, 0.29) is 23.2 Å². The van der Waals surface area contributed by atoms with E-state index in [0.717, 1.165) is 28.8 Å². The lowest BCUT2D eigenvalue weighted by molar-refractivity contribution is -0.139. The molecule has 2 aliphatic rings. The normalized spacial score (nSPS) is 30.9. The third-order valence-electron chi connectivity index (χ3n) is 4.68. The number of aliphatic carboxylic acids is 1. The van der Waals surface area contributed by atoms with Gasteiger partial charge in [0, 0.05) is 18.4 Å². The average Bonchev–Trinajstić information content (AvgIpc) is 2.92. The Morgan fingerprint density at radius 1 is 1.48 bits per heavy atom. The predicted octanol–water partition coefficient (Wildman–Crippen LogP) is 1.51. The monoisotopic (exact) mass is 308 g/mol. The van der Waals surface area contributed by atoms with Crippen molar-refractivity contribution in [1.82, 2.24) is 19.8 Å². The third-order valence-corrected chi connectivity index (χ3v) is 5.67. The molecule has 1 N–H and O–H groups in total. The van der Waals surface area contributed by atoms with E-state index in [4.69, 9.17) is 4.74 Å². The summed E-state index contributed by atoms with van der Waals surface area (Å²) in [6, 6.07) is 0. The molecule has 0 aromatic carbocycles. The third kappa shape index (κ3) is 1.82. The van der Waals surface area contributed by atoms with Crippen molar-refractivity contribution in [2.24, 2.45) is 11.3 Å². The lowest BCUT2D eigenvalue weighted by atomic mass is 10.1. The van der Waals surface area contributed by atoms with Crippen molar-refractivity contribution in [1.29, 1.82) is 0 Å². The summed E-state index contributed by atoms with van der Waals surface area (Å²) < 4.78 is 7.17. The van der Waals surface area contributed by atoms with Crippen LogP contribution in [0.25, 0.3) is 4.96 Å². The summed E-state index contributed by atoms with van der Waals surface area (Å²) in [5, 5.41) is 23.1. The maximum atomic E-state index is 11.3. The van der Waals surface area contributed by atoms with Gasteiger partial charge in [0.1, 0.15) is 5.01 Å². The molecule has 0 spiro atoms. The SMILES string of the molecule is CC1(C)C(C(=O)O)C1c1nn2c(C3CCOC3)nnc2s1. The first-order chi connectivity index (χ1) is 10.00. The van der Waals surface area contributed by atoms with Crippen molar-refractivity contribution in [3.63, 3.8) is 0 Å². The Hall–Kier alpha value is -1.54. The molecule has 0 radical (unpaired) electrons. The molecule has 1 saturated carbocycles. The molecule has 1 aliphatic heterocycles. The molecule has 3 atom stereocenters. The van der Waals surface area contributed by atoms with Crippen LogP contribution in [0, 0.1) is 11.3 Å². The highest BCUT2D eigenvalue weighted by atomic mass is 32.1. The number of carbonyl (C=O) groups is 1. The van der Waals surface area contributed by atoms with Gasteiger partial charge in [-0.25, -0.2) is 0 Å². The first-order valence-corrected chi connectivity index (χ1v) is 7.84. The molecule has 0 amide bonds. The Balaban J connectivity index is 1.71.